The Hall–Kier alpha value is -1.95. The van der Waals surface area contributed by atoms with Gasteiger partial charge in [-0.15, -0.1) is 0 Å². The van der Waals surface area contributed by atoms with Crippen molar-refractivity contribution in [3.63, 3.8) is 0 Å². The fraction of sp³-hybridized carbons (Fsp3) is 0.188. The van der Waals surface area contributed by atoms with E-state index in [1.807, 2.05) is 30.3 Å². The normalized spacial score (nSPS) is 12.5. The van der Waals surface area contributed by atoms with E-state index < -0.39 is 5.56 Å². The zero-order valence-corrected chi connectivity index (χ0v) is 13.8. The Labute approximate surface area is 142 Å². The van der Waals surface area contributed by atoms with Gasteiger partial charge in [0.1, 0.15) is 10.7 Å². The first-order chi connectivity index (χ1) is 11.1. The number of ether oxygens (including phenoxy) is 1. The highest BCUT2D eigenvalue weighted by Gasteiger charge is 2.21. The fourth-order valence-corrected chi connectivity index (χ4v) is 2.80. The molecule has 3 rings (SSSR count). The summed E-state index contributed by atoms with van der Waals surface area (Å²) in [5.41, 5.74) is 1.34. The summed E-state index contributed by atoms with van der Waals surface area (Å²) in [5.74, 6) is 0. The van der Waals surface area contributed by atoms with Crippen LogP contribution in [-0.2, 0) is 4.74 Å². The Kier molecular flexibility index (Phi) is 4.61. The van der Waals surface area contributed by atoms with Gasteiger partial charge in [0.05, 0.1) is 12.6 Å². The van der Waals surface area contributed by atoms with Crippen molar-refractivity contribution in [3.05, 3.63) is 68.7 Å². The zero-order chi connectivity index (χ0) is 16.4. The Bertz CT molecular complexity index is 897. The fourth-order valence-electron chi connectivity index (χ4n) is 2.47. The van der Waals surface area contributed by atoms with E-state index in [-0.39, 0.29) is 23.0 Å². The summed E-state index contributed by atoms with van der Waals surface area (Å²) in [4.78, 5) is 21.0. The van der Waals surface area contributed by atoms with Gasteiger partial charge in [0.2, 0.25) is 0 Å². The lowest BCUT2D eigenvalue weighted by atomic mass is 10.1. The van der Waals surface area contributed by atoms with Crippen molar-refractivity contribution in [2.75, 3.05) is 13.7 Å². The van der Waals surface area contributed by atoms with Crippen LogP contribution in [0, 0.1) is 0 Å². The Morgan fingerprint density at radius 2 is 1.87 bits per heavy atom. The van der Waals surface area contributed by atoms with Gasteiger partial charge in [0, 0.05) is 7.11 Å². The molecule has 0 spiro atoms. The van der Waals surface area contributed by atoms with E-state index in [1.165, 1.54) is 4.57 Å². The van der Waals surface area contributed by atoms with Crippen LogP contribution >= 0.6 is 23.2 Å². The maximum atomic E-state index is 12.6. The molecule has 0 fully saturated rings. The highest BCUT2D eigenvalue weighted by molar-refractivity contribution is 6.30. The molecule has 0 unspecified atom stereocenters. The molecule has 0 saturated heterocycles. The first kappa shape index (κ1) is 15.9. The molecule has 0 radical (unpaired) electrons. The molecule has 0 aliphatic carbocycles. The molecule has 1 atom stereocenters. The summed E-state index contributed by atoms with van der Waals surface area (Å²) in [6, 6.07) is 12.4. The van der Waals surface area contributed by atoms with Crippen LogP contribution in [0.5, 0.6) is 0 Å². The second kappa shape index (κ2) is 6.66. The highest BCUT2D eigenvalue weighted by Crippen LogP contribution is 2.23. The van der Waals surface area contributed by atoms with Gasteiger partial charge in [-0.3, -0.25) is 9.36 Å². The summed E-state index contributed by atoms with van der Waals surface area (Å²) in [5, 5.41) is 0.164. The molecule has 3 aromatic rings. The maximum Gasteiger partial charge on any atom is 0.290 e. The molecule has 0 bridgehead atoms. The predicted octanol–water partition coefficient (Wildman–Crippen LogP) is 3.33. The Morgan fingerprint density at radius 3 is 2.57 bits per heavy atom. The van der Waals surface area contributed by atoms with E-state index >= 15 is 0 Å². The average molecular weight is 350 g/mol. The third kappa shape index (κ3) is 3.08. The zero-order valence-electron chi connectivity index (χ0n) is 12.2. The van der Waals surface area contributed by atoms with Gasteiger partial charge in [-0.05, 0) is 17.7 Å². The van der Waals surface area contributed by atoms with Crippen LogP contribution in [0.3, 0.4) is 0 Å². The van der Waals surface area contributed by atoms with Crippen molar-refractivity contribution >= 4 is 34.4 Å². The van der Waals surface area contributed by atoms with Crippen molar-refractivity contribution < 1.29 is 4.74 Å². The smallest absolute Gasteiger partial charge is 0.290 e. The van der Waals surface area contributed by atoms with Gasteiger partial charge >= 0.3 is 0 Å². The molecule has 0 N–H and O–H groups in total. The van der Waals surface area contributed by atoms with Gasteiger partial charge in [-0.2, -0.15) is 0 Å². The second-order valence-corrected chi connectivity index (χ2v) is 5.68. The minimum absolute atomic E-state index is 0.112. The van der Waals surface area contributed by atoms with Gasteiger partial charge < -0.3 is 4.74 Å². The van der Waals surface area contributed by atoms with Crippen LogP contribution in [0.4, 0.5) is 0 Å². The number of nitrogens with zero attached hydrogens (tertiary/aromatic N) is 3. The van der Waals surface area contributed by atoms with E-state index in [1.54, 1.807) is 19.2 Å². The SMILES string of the molecule is COC[C@@H](c1ccccc1)n1c(=O)c(Cl)nc2ccc(Cl)nc21. The van der Waals surface area contributed by atoms with Crippen LogP contribution in [0.2, 0.25) is 10.3 Å². The topological polar surface area (TPSA) is 57.0 Å². The van der Waals surface area contributed by atoms with Crippen molar-refractivity contribution in [2.24, 2.45) is 0 Å². The van der Waals surface area contributed by atoms with E-state index in [0.29, 0.717) is 11.2 Å². The monoisotopic (exact) mass is 349 g/mol. The average Bonchev–Trinajstić information content (AvgIpc) is 2.56. The number of benzene rings is 1. The van der Waals surface area contributed by atoms with E-state index in [0.717, 1.165) is 5.56 Å². The van der Waals surface area contributed by atoms with E-state index in [4.69, 9.17) is 27.9 Å². The molecule has 0 saturated carbocycles. The lowest BCUT2D eigenvalue weighted by Gasteiger charge is -2.21. The van der Waals surface area contributed by atoms with E-state index in [2.05, 4.69) is 9.97 Å². The van der Waals surface area contributed by atoms with Crippen LogP contribution < -0.4 is 5.56 Å². The summed E-state index contributed by atoms with van der Waals surface area (Å²) < 4.78 is 6.78. The minimum Gasteiger partial charge on any atom is -0.382 e. The number of hydrogen-bond donors (Lipinski definition) is 0. The molecule has 1 aromatic carbocycles. The van der Waals surface area contributed by atoms with Crippen LogP contribution in [-0.4, -0.2) is 28.3 Å². The third-order valence-corrected chi connectivity index (χ3v) is 3.94. The van der Waals surface area contributed by atoms with Crippen LogP contribution in [0.25, 0.3) is 11.2 Å². The molecule has 0 amide bonds. The molecular weight excluding hydrogens is 337 g/mol. The number of methoxy groups -OCH3 is 1. The van der Waals surface area contributed by atoms with Crippen molar-refractivity contribution in [1.29, 1.82) is 0 Å². The van der Waals surface area contributed by atoms with Gasteiger partial charge in [0.15, 0.2) is 10.8 Å². The summed E-state index contributed by atoms with van der Waals surface area (Å²) >= 11 is 12.0. The van der Waals surface area contributed by atoms with Crippen molar-refractivity contribution in [2.45, 2.75) is 6.04 Å². The molecule has 2 heterocycles. The third-order valence-electron chi connectivity index (χ3n) is 3.48. The summed E-state index contributed by atoms with van der Waals surface area (Å²) in [6.45, 7) is 0.285. The van der Waals surface area contributed by atoms with Gasteiger partial charge in [-0.1, -0.05) is 53.5 Å². The second-order valence-electron chi connectivity index (χ2n) is 4.94. The molecule has 2 aromatic heterocycles. The quantitative estimate of drug-likeness (QED) is 0.678. The first-order valence-electron chi connectivity index (χ1n) is 6.90. The molecule has 0 aliphatic rings. The number of pyridine rings is 1. The minimum atomic E-state index is -0.431. The Balaban J connectivity index is 2.33. The number of halogens is 2. The highest BCUT2D eigenvalue weighted by atomic mass is 35.5. The van der Waals surface area contributed by atoms with Crippen molar-refractivity contribution in [3.8, 4) is 0 Å². The number of rotatable bonds is 4. The molecule has 0 aliphatic heterocycles. The molecule has 5 nitrogen and oxygen atoms in total. The van der Waals surface area contributed by atoms with Gasteiger partial charge in [-0.25, -0.2) is 9.97 Å². The largest absolute Gasteiger partial charge is 0.382 e. The lowest BCUT2D eigenvalue weighted by molar-refractivity contribution is 0.169. The standard InChI is InChI=1S/C16H13Cl2N3O2/c1-23-9-12(10-5-3-2-4-6-10)21-15-11(7-8-13(17)20-15)19-14(18)16(21)22/h2-8,12H,9H2,1H3/t12-/m0/s1. The van der Waals surface area contributed by atoms with Gasteiger partial charge in [0.25, 0.3) is 5.56 Å². The van der Waals surface area contributed by atoms with Crippen LogP contribution in [0.1, 0.15) is 11.6 Å². The van der Waals surface area contributed by atoms with Crippen molar-refractivity contribution in [1.82, 2.24) is 14.5 Å². The number of aromatic nitrogens is 3. The molecule has 23 heavy (non-hydrogen) atoms. The molecular formula is C16H13Cl2N3O2. The lowest BCUT2D eigenvalue weighted by Crippen LogP contribution is -2.30. The summed E-state index contributed by atoms with van der Waals surface area (Å²) in [6.07, 6.45) is 0. The van der Waals surface area contributed by atoms with Crippen LogP contribution in [0.15, 0.2) is 47.3 Å². The van der Waals surface area contributed by atoms with E-state index in [9.17, 15) is 4.79 Å². The number of hydrogen-bond acceptors (Lipinski definition) is 4. The predicted molar refractivity (Wildman–Crippen MR) is 90.3 cm³/mol. The Morgan fingerprint density at radius 1 is 1.13 bits per heavy atom. The first-order valence-corrected chi connectivity index (χ1v) is 7.65. The molecule has 118 valence electrons. The maximum absolute atomic E-state index is 12.6. The number of fused-ring (bicyclic) bond motifs is 1. The molecule has 7 heteroatoms. The summed E-state index contributed by atoms with van der Waals surface area (Å²) in [7, 11) is 1.58.